The summed E-state index contributed by atoms with van der Waals surface area (Å²) < 4.78 is 43.0. The Morgan fingerprint density at radius 1 is 1.10 bits per heavy atom. The van der Waals surface area contributed by atoms with Gasteiger partial charge in [0.2, 0.25) is 5.82 Å². The summed E-state index contributed by atoms with van der Waals surface area (Å²) in [4.78, 5) is 6.68. The van der Waals surface area contributed by atoms with Crippen molar-refractivity contribution in [2.45, 2.75) is 6.18 Å². The molecule has 0 radical (unpaired) electrons. The number of alkyl halides is 3. The van der Waals surface area contributed by atoms with Crippen molar-refractivity contribution in [2.75, 3.05) is 17.9 Å². The first kappa shape index (κ1) is 14.9. The van der Waals surface area contributed by atoms with Gasteiger partial charge in [-0.05, 0) is 24.3 Å². The quantitative estimate of drug-likeness (QED) is 0.594. The van der Waals surface area contributed by atoms with Gasteiger partial charge in [-0.2, -0.15) is 13.2 Å². The minimum absolute atomic E-state index is 0.0320. The van der Waals surface area contributed by atoms with Gasteiger partial charge in [0.05, 0.1) is 7.11 Å². The molecular weight excluding hydrogens is 287 g/mol. The molecule has 9 heteroatoms. The normalized spacial score (nSPS) is 11.1. The highest BCUT2D eigenvalue weighted by Gasteiger charge is 2.35. The van der Waals surface area contributed by atoms with Gasteiger partial charge in [-0.15, -0.1) is 0 Å². The van der Waals surface area contributed by atoms with Crippen LogP contribution in [0.1, 0.15) is 5.82 Å². The van der Waals surface area contributed by atoms with Gasteiger partial charge in [-0.1, -0.05) is 0 Å². The number of benzene rings is 1. The van der Waals surface area contributed by atoms with E-state index in [1.54, 1.807) is 24.3 Å². The van der Waals surface area contributed by atoms with Crippen LogP contribution in [0.3, 0.4) is 0 Å². The maximum atomic E-state index is 12.7. The van der Waals surface area contributed by atoms with Gasteiger partial charge in [-0.3, -0.25) is 0 Å². The van der Waals surface area contributed by atoms with Crippen LogP contribution < -0.4 is 21.3 Å². The van der Waals surface area contributed by atoms with Crippen LogP contribution in [0.15, 0.2) is 30.3 Å². The summed E-state index contributed by atoms with van der Waals surface area (Å²) in [5.74, 6) is 4.28. The number of hydrogen-bond donors (Lipinski definition) is 3. The number of nitrogens with one attached hydrogen (secondary N) is 2. The Bertz CT molecular complexity index is 615. The summed E-state index contributed by atoms with van der Waals surface area (Å²) in [6.07, 6.45) is -4.66. The lowest BCUT2D eigenvalue weighted by Crippen LogP contribution is -2.16. The molecule has 0 bridgehead atoms. The second-order valence-corrected chi connectivity index (χ2v) is 3.96. The average Bonchev–Trinajstić information content (AvgIpc) is 2.46. The minimum Gasteiger partial charge on any atom is -0.497 e. The zero-order valence-electron chi connectivity index (χ0n) is 10.9. The highest BCUT2D eigenvalue weighted by atomic mass is 19.4. The smallest absolute Gasteiger partial charge is 0.451 e. The van der Waals surface area contributed by atoms with Crippen LogP contribution in [-0.2, 0) is 6.18 Å². The monoisotopic (exact) mass is 299 g/mol. The lowest BCUT2D eigenvalue weighted by Gasteiger charge is -2.11. The zero-order chi connectivity index (χ0) is 15.5. The fourth-order valence-electron chi connectivity index (χ4n) is 1.53. The summed E-state index contributed by atoms with van der Waals surface area (Å²) in [5.41, 5.74) is 2.62. The number of hydrazine groups is 1. The van der Waals surface area contributed by atoms with Crippen LogP contribution in [-0.4, -0.2) is 17.1 Å². The number of methoxy groups -OCH3 is 1. The molecule has 0 aliphatic rings. The standard InChI is InChI=1S/C12H12F3N5O/c1-21-8-4-2-7(3-5-8)17-9-6-10(20-16)19-11(18-9)12(13,14)15/h2-6H,16H2,1H3,(H2,17,18,19,20). The number of ether oxygens (including phenoxy) is 1. The number of rotatable bonds is 4. The Hall–Kier alpha value is -2.55. The molecule has 6 nitrogen and oxygen atoms in total. The van der Waals surface area contributed by atoms with Crippen LogP contribution in [0.5, 0.6) is 5.75 Å². The Labute approximate surface area is 118 Å². The number of nitrogens with zero attached hydrogens (tertiary/aromatic N) is 2. The van der Waals surface area contributed by atoms with E-state index in [1.165, 1.54) is 13.2 Å². The molecule has 112 valence electrons. The van der Waals surface area contributed by atoms with Gasteiger partial charge in [0.1, 0.15) is 17.4 Å². The lowest BCUT2D eigenvalue weighted by atomic mass is 10.3. The molecule has 0 fully saturated rings. The minimum atomic E-state index is -4.66. The molecule has 0 amide bonds. The average molecular weight is 299 g/mol. The predicted octanol–water partition coefficient (Wildman–Crippen LogP) is 2.53. The van der Waals surface area contributed by atoms with Crippen molar-refractivity contribution >= 4 is 17.3 Å². The Morgan fingerprint density at radius 3 is 2.24 bits per heavy atom. The molecule has 0 spiro atoms. The van der Waals surface area contributed by atoms with E-state index in [0.717, 1.165) is 0 Å². The topological polar surface area (TPSA) is 85.1 Å². The van der Waals surface area contributed by atoms with Crippen molar-refractivity contribution in [1.29, 1.82) is 0 Å². The molecule has 0 aliphatic heterocycles. The van der Waals surface area contributed by atoms with Crippen LogP contribution in [0.2, 0.25) is 0 Å². The molecule has 4 N–H and O–H groups in total. The first-order valence-corrected chi connectivity index (χ1v) is 5.76. The van der Waals surface area contributed by atoms with Crippen molar-refractivity contribution in [3.63, 3.8) is 0 Å². The Balaban J connectivity index is 2.29. The van der Waals surface area contributed by atoms with Crippen LogP contribution in [0.4, 0.5) is 30.5 Å². The SMILES string of the molecule is COc1ccc(Nc2cc(NN)nc(C(F)(F)F)n2)cc1. The van der Waals surface area contributed by atoms with E-state index >= 15 is 0 Å². The summed E-state index contributed by atoms with van der Waals surface area (Å²) in [6.45, 7) is 0. The number of hydrogen-bond acceptors (Lipinski definition) is 6. The number of anilines is 3. The summed E-state index contributed by atoms with van der Waals surface area (Å²) in [7, 11) is 1.52. The molecule has 1 aromatic carbocycles. The van der Waals surface area contributed by atoms with Crippen molar-refractivity contribution < 1.29 is 17.9 Å². The molecule has 21 heavy (non-hydrogen) atoms. The Morgan fingerprint density at radius 2 is 1.71 bits per heavy atom. The number of nitrogen functional groups attached to an aromatic ring is 1. The van der Waals surface area contributed by atoms with E-state index in [2.05, 4.69) is 20.7 Å². The van der Waals surface area contributed by atoms with Crippen LogP contribution in [0.25, 0.3) is 0 Å². The van der Waals surface area contributed by atoms with Gasteiger partial charge >= 0.3 is 6.18 Å². The van der Waals surface area contributed by atoms with Crippen LogP contribution in [0, 0.1) is 0 Å². The second-order valence-electron chi connectivity index (χ2n) is 3.96. The van der Waals surface area contributed by atoms with Gasteiger partial charge < -0.3 is 15.5 Å². The Kier molecular flexibility index (Phi) is 4.13. The third-order valence-electron chi connectivity index (χ3n) is 2.49. The molecule has 0 saturated carbocycles. The first-order chi connectivity index (χ1) is 9.92. The van der Waals surface area contributed by atoms with E-state index in [-0.39, 0.29) is 11.6 Å². The number of aromatic nitrogens is 2. The molecule has 1 heterocycles. The maximum absolute atomic E-state index is 12.7. The summed E-state index contributed by atoms with van der Waals surface area (Å²) in [5, 5.41) is 2.74. The van der Waals surface area contributed by atoms with Crippen molar-refractivity contribution in [2.24, 2.45) is 5.84 Å². The summed E-state index contributed by atoms with van der Waals surface area (Å²) >= 11 is 0. The molecule has 0 unspecified atom stereocenters. The van der Waals surface area contributed by atoms with Gasteiger partial charge in [-0.25, -0.2) is 15.8 Å². The highest BCUT2D eigenvalue weighted by Crippen LogP contribution is 2.29. The van der Waals surface area contributed by atoms with Gasteiger partial charge in [0.15, 0.2) is 0 Å². The third-order valence-corrected chi connectivity index (χ3v) is 2.49. The van der Waals surface area contributed by atoms with E-state index in [9.17, 15) is 13.2 Å². The van der Waals surface area contributed by atoms with Crippen LogP contribution >= 0.6 is 0 Å². The largest absolute Gasteiger partial charge is 0.497 e. The molecule has 0 saturated heterocycles. The van der Waals surface area contributed by atoms with Crippen molar-refractivity contribution in [3.8, 4) is 5.75 Å². The fourth-order valence-corrected chi connectivity index (χ4v) is 1.53. The summed E-state index contributed by atoms with van der Waals surface area (Å²) in [6, 6.07) is 7.87. The van der Waals surface area contributed by atoms with E-state index in [1.807, 2.05) is 0 Å². The molecule has 0 atom stereocenters. The molecular formula is C12H12F3N5O. The molecule has 2 aromatic rings. The lowest BCUT2D eigenvalue weighted by molar-refractivity contribution is -0.144. The van der Waals surface area contributed by atoms with E-state index in [4.69, 9.17) is 10.6 Å². The second kappa shape index (κ2) is 5.83. The molecule has 2 rings (SSSR count). The van der Waals surface area contributed by atoms with Crippen molar-refractivity contribution in [1.82, 2.24) is 9.97 Å². The van der Waals surface area contributed by atoms with Gasteiger partial charge in [0.25, 0.3) is 0 Å². The zero-order valence-corrected chi connectivity index (χ0v) is 10.9. The maximum Gasteiger partial charge on any atom is 0.451 e. The first-order valence-electron chi connectivity index (χ1n) is 5.76. The third kappa shape index (κ3) is 3.72. The molecule has 1 aromatic heterocycles. The van der Waals surface area contributed by atoms with E-state index < -0.39 is 12.0 Å². The highest BCUT2D eigenvalue weighted by molar-refractivity contribution is 5.59. The predicted molar refractivity (Wildman–Crippen MR) is 71.1 cm³/mol. The number of nitrogens with two attached hydrogens (primary N) is 1. The van der Waals surface area contributed by atoms with Crippen molar-refractivity contribution in [3.05, 3.63) is 36.2 Å². The van der Waals surface area contributed by atoms with E-state index in [0.29, 0.717) is 11.4 Å². The number of halogens is 3. The van der Waals surface area contributed by atoms with Gasteiger partial charge in [0, 0.05) is 11.8 Å². The fraction of sp³-hybridized carbons (Fsp3) is 0.167. The molecule has 0 aliphatic carbocycles.